The van der Waals surface area contributed by atoms with Gasteiger partial charge in [-0.05, 0) is 31.0 Å². The summed E-state index contributed by atoms with van der Waals surface area (Å²) in [5.74, 6) is 0.631. The third-order valence-electron chi connectivity index (χ3n) is 2.81. The predicted molar refractivity (Wildman–Crippen MR) is 75.3 cm³/mol. The van der Waals surface area contributed by atoms with Gasteiger partial charge in [-0.3, -0.25) is 0 Å². The molecule has 0 bridgehead atoms. The van der Waals surface area contributed by atoms with Crippen LogP contribution in [0.15, 0.2) is 24.3 Å². The zero-order valence-electron chi connectivity index (χ0n) is 8.93. The van der Waals surface area contributed by atoms with Crippen molar-refractivity contribution in [1.29, 1.82) is 0 Å². The first-order valence-electron chi connectivity index (χ1n) is 5.01. The molecule has 1 heterocycles. The van der Waals surface area contributed by atoms with Crippen molar-refractivity contribution < 1.29 is 0 Å². The molecular formula is C11H17Cl3N2. The number of anilines is 1. The lowest BCUT2D eigenvalue weighted by Gasteiger charge is -2.19. The van der Waals surface area contributed by atoms with Gasteiger partial charge in [-0.2, -0.15) is 0 Å². The van der Waals surface area contributed by atoms with E-state index in [1.807, 2.05) is 18.2 Å². The fourth-order valence-corrected chi connectivity index (χ4v) is 2.21. The first kappa shape index (κ1) is 15.9. The van der Waals surface area contributed by atoms with Gasteiger partial charge >= 0.3 is 0 Å². The summed E-state index contributed by atoms with van der Waals surface area (Å²) in [5, 5.41) is 0.838. The SMILES string of the molecule is Cl.Cl.NCC1CCN(c2ccccc2Cl)C1. The maximum absolute atomic E-state index is 6.12. The van der Waals surface area contributed by atoms with E-state index in [1.54, 1.807) is 0 Å². The molecule has 0 radical (unpaired) electrons. The second kappa shape index (κ2) is 7.23. The van der Waals surface area contributed by atoms with E-state index in [9.17, 15) is 0 Å². The minimum Gasteiger partial charge on any atom is -0.370 e. The molecule has 1 saturated heterocycles. The van der Waals surface area contributed by atoms with Gasteiger partial charge in [0.2, 0.25) is 0 Å². The summed E-state index contributed by atoms with van der Waals surface area (Å²) in [4.78, 5) is 2.32. The Morgan fingerprint density at radius 2 is 2.00 bits per heavy atom. The van der Waals surface area contributed by atoms with Crippen LogP contribution in [0, 0.1) is 5.92 Å². The molecule has 1 aliphatic rings. The lowest BCUT2D eigenvalue weighted by molar-refractivity contribution is 0.602. The van der Waals surface area contributed by atoms with Gasteiger partial charge in [0.1, 0.15) is 0 Å². The van der Waals surface area contributed by atoms with Gasteiger partial charge < -0.3 is 10.6 Å². The van der Waals surface area contributed by atoms with Crippen molar-refractivity contribution >= 4 is 42.1 Å². The van der Waals surface area contributed by atoms with Crippen LogP contribution in [0.2, 0.25) is 5.02 Å². The Kier molecular flexibility index (Phi) is 7.16. The molecule has 1 aromatic rings. The van der Waals surface area contributed by atoms with Gasteiger partial charge in [0, 0.05) is 13.1 Å². The molecule has 1 aliphatic heterocycles. The van der Waals surface area contributed by atoms with Crippen molar-refractivity contribution in [3.8, 4) is 0 Å². The summed E-state index contributed by atoms with van der Waals surface area (Å²) < 4.78 is 0. The quantitative estimate of drug-likeness (QED) is 0.904. The van der Waals surface area contributed by atoms with Crippen LogP contribution in [-0.2, 0) is 0 Å². The smallest absolute Gasteiger partial charge is 0.0639 e. The Labute approximate surface area is 114 Å². The third kappa shape index (κ3) is 3.42. The summed E-state index contributed by atoms with van der Waals surface area (Å²) in [7, 11) is 0. The van der Waals surface area contributed by atoms with E-state index >= 15 is 0 Å². The number of rotatable bonds is 2. The second-order valence-corrected chi connectivity index (χ2v) is 4.20. The van der Waals surface area contributed by atoms with Gasteiger partial charge in [-0.25, -0.2) is 0 Å². The van der Waals surface area contributed by atoms with Crippen LogP contribution >= 0.6 is 36.4 Å². The molecule has 16 heavy (non-hydrogen) atoms. The van der Waals surface area contributed by atoms with Gasteiger partial charge in [0.25, 0.3) is 0 Å². The number of benzene rings is 1. The minimum absolute atomic E-state index is 0. The van der Waals surface area contributed by atoms with Crippen LogP contribution in [0.5, 0.6) is 0 Å². The van der Waals surface area contributed by atoms with Gasteiger partial charge in [0.05, 0.1) is 10.7 Å². The molecule has 0 spiro atoms. The van der Waals surface area contributed by atoms with E-state index in [0.717, 1.165) is 30.3 Å². The van der Waals surface area contributed by atoms with Crippen molar-refractivity contribution in [2.24, 2.45) is 11.7 Å². The van der Waals surface area contributed by atoms with Crippen molar-refractivity contribution in [2.75, 3.05) is 24.5 Å². The Morgan fingerprint density at radius 3 is 2.56 bits per heavy atom. The largest absolute Gasteiger partial charge is 0.370 e. The second-order valence-electron chi connectivity index (χ2n) is 3.79. The zero-order chi connectivity index (χ0) is 9.97. The van der Waals surface area contributed by atoms with Crippen LogP contribution in [0.1, 0.15) is 6.42 Å². The van der Waals surface area contributed by atoms with Crippen molar-refractivity contribution in [3.63, 3.8) is 0 Å². The maximum Gasteiger partial charge on any atom is 0.0639 e. The first-order valence-corrected chi connectivity index (χ1v) is 5.38. The summed E-state index contributed by atoms with van der Waals surface area (Å²) in [5.41, 5.74) is 6.80. The van der Waals surface area contributed by atoms with Crippen LogP contribution in [0.4, 0.5) is 5.69 Å². The summed E-state index contributed by atoms with van der Waals surface area (Å²) in [6.45, 7) is 2.90. The predicted octanol–water partition coefficient (Wildman–Crippen LogP) is 2.97. The number of nitrogens with zero attached hydrogens (tertiary/aromatic N) is 1. The van der Waals surface area contributed by atoms with Crippen LogP contribution < -0.4 is 10.6 Å². The third-order valence-corrected chi connectivity index (χ3v) is 3.13. The van der Waals surface area contributed by atoms with E-state index in [-0.39, 0.29) is 24.8 Å². The molecule has 1 aromatic carbocycles. The van der Waals surface area contributed by atoms with Crippen molar-refractivity contribution in [2.45, 2.75) is 6.42 Å². The van der Waals surface area contributed by atoms with E-state index in [4.69, 9.17) is 17.3 Å². The molecule has 2 rings (SSSR count). The first-order chi connectivity index (χ1) is 6.81. The molecule has 1 unspecified atom stereocenters. The molecule has 1 atom stereocenters. The molecule has 0 aromatic heterocycles. The summed E-state index contributed by atoms with van der Waals surface area (Å²) >= 11 is 6.12. The Balaban J connectivity index is 0.00000112. The monoisotopic (exact) mass is 282 g/mol. The van der Waals surface area contributed by atoms with Gasteiger partial charge in [-0.1, -0.05) is 23.7 Å². The fourth-order valence-electron chi connectivity index (χ4n) is 1.95. The Morgan fingerprint density at radius 1 is 1.31 bits per heavy atom. The molecule has 0 amide bonds. The summed E-state index contributed by atoms with van der Waals surface area (Å²) in [6.07, 6.45) is 1.18. The number of halogens is 3. The lowest BCUT2D eigenvalue weighted by atomic mass is 10.1. The number of hydrogen-bond acceptors (Lipinski definition) is 2. The highest BCUT2D eigenvalue weighted by molar-refractivity contribution is 6.33. The van der Waals surface area contributed by atoms with E-state index < -0.39 is 0 Å². The average molecular weight is 284 g/mol. The molecule has 92 valence electrons. The van der Waals surface area contributed by atoms with Crippen molar-refractivity contribution in [3.05, 3.63) is 29.3 Å². The van der Waals surface area contributed by atoms with Crippen LogP contribution in [0.25, 0.3) is 0 Å². The highest BCUT2D eigenvalue weighted by atomic mass is 35.5. The van der Waals surface area contributed by atoms with Gasteiger partial charge in [-0.15, -0.1) is 24.8 Å². The molecule has 5 heteroatoms. The standard InChI is InChI=1S/C11H15ClN2.2ClH/c12-10-3-1-2-4-11(10)14-6-5-9(7-13)8-14;;/h1-4,9H,5-8,13H2;2*1H. The van der Waals surface area contributed by atoms with E-state index in [2.05, 4.69) is 11.0 Å². The fraction of sp³-hybridized carbons (Fsp3) is 0.455. The molecule has 0 saturated carbocycles. The molecule has 2 N–H and O–H groups in total. The van der Waals surface area contributed by atoms with Crippen molar-refractivity contribution in [1.82, 2.24) is 0 Å². The van der Waals surface area contributed by atoms with E-state index in [1.165, 1.54) is 6.42 Å². The number of hydrogen-bond donors (Lipinski definition) is 1. The van der Waals surface area contributed by atoms with Crippen LogP contribution in [-0.4, -0.2) is 19.6 Å². The molecular weight excluding hydrogens is 266 g/mol. The Bertz CT molecular complexity index is 320. The molecule has 2 nitrogen and oxygen atoms in total. The molecule has 0 aliphatic carbocycles. The average Bonchev–Trinajstić information content (AvgIpc) is 2.67. The van der Waals surface area contributed by atoms with Crippen LogP contribution in [0.3, 0.4) is 0 Å². The van der Waals surface area contributed by atoms with E-state index in [0.29, 0.717) is 5.92 Å². The minimum atomic E-state index is 0. The highest BCUT2D eigenvalue weighted by Crippen LogP contribution is 2.29. The topological polar surface area (TPSA) is 29.3 Å². The number of para-hydroxylation sites is 1. The van der Waals surface area contributed by atoms with Gasteiger partial charge in [0.15, 0.2) is 0 Å². The Hall–Kier alpha value is -0.150. The summed E-state index contributed by atoms with van der Waals surface area (Å²) in [6, 6.07) is 7.99. The normalized spacial score (nSPS) is 18.9. The maximum atomic E-state index is 6.12. The zero-order valence-corrected chi connectivity index (χ0v) is 11.3. The molecule has 1 fully saturated rings. The highest BCUT2D eigenvalue weighted by Gasteiger charge is 2.22. The number of nitrogens with two attached hydrogens (primary N) is 1. The lowest BCUT2D eigenvalue weighted by Crippen LogP contribution is -2.22.